The van der Waals surface area contributed by atoms with Crippen LogP contribution >= 0.6 is 0 Å². The van der Waals surface area contributed by atoms with Gasteiger partial charge >= 0.3 is 0 Å². The predicted molar refractivity (Wildman–Crippen MR) is 32.7 cm³/mol. The van der Waals surface area contributed by atoms with Gasteiger partial charge in [-0.3, -0.25) is 0 Å². The molecule has 2 aliphatic rings. The largest absolute Gasteiger partial charge is 0.235 e. The van der Waals surface area contributed by atoms with Crippen LogP contribution in [-0.2, 0) is 4.79 Å². The van der Waals surface area contributed by atoms with E-state index in [1.54, 1.807) is 6.08 Å². The molecule has 0 spiro atoms. The fourth-order valence-corrected chi connectivity index (χ4v) is 1.86. The second-order valence-corrected chi connectivity index (χ2v) is 3.10. The van der Waals surface area contributed by atoms with Crippen molar-refractivity contribution >= 4 is 6.08 Å². The molecule has 0 aliphatic heterocycles. The third-order valence-corrected chi connectivity index (χ3v) is 2.45. The maximum atomic E-state index is 9.79. The molecule has 2 nitrogen and oxygen atoms in total. The fourth-order valence-electron chi connectivity index (χ4n) is 1.86. The summed E-state index contributed by atoms with van der Waals surface area (Å²) in [5, 5.41) is 0. The highest BCUT2D eigenvalue weighted by atomic mass is 16.1. The van der Waals surface area contributed by atoms with E-state index in [9.17, 15) is 4.79 Å². The van der Waals surface area contributed by atoms with Crippen LogP contribution < -0.4 is 0 Å². The summed E-state index contributed by atoms with van der Waals surface area (Å²) in [6.45, 7) is 0. The minimum Gasteiger partial charge on any atom is -0.211 e. The number of aliphatic imine (C=N–C) groups is 1. The van der Waals surface area contributed by atoms with Crippen molar-refractivity contribution in [3.8, 4) is 0 Å². The van der Waals surface area contributed by atoms with Gasteiger partial charge in [0.15, 0.2) is 0 Å². The number of nitrogens with zero attached hydrogens (tertiary/aromatic N) is 1. The number of carbonyl (C=O) groups excluding carboxylic acids is 1. The van der Waals surface area contributed by atoms with Gasteiger partial charge in [0.05, 0.1) is 6.04 Å². The normalized spacial score (nSPS) is 45.6. The Bertz CT molecular complexity index is 162. The Hall–Kier alpha value is -0.620. The molecule has 2 saturated carbocycles. The first-order valence-corrected chi connectivity index (χ1v) is 3.47. The molecule has 0 aromatic carbocycles. The topological polar surface area (TPSA) is 29.4 Å². The van der Waals surface area contributed by atoms with E-state index in [1.807, 2.05) is 0 Å². The number of fused-ring (bicyclic) bond motifs is 1. The zero-order valence-electron chi connectivity index (χ0n) is 5.21. The summed E-state index contributed by atoms with van der Waals surface area (Å²) < 4.78 is 0. The van der Waals surface area contributed by atoms with Gasteiger partial charge in [-0.25, -0.2) is 9.79 Å². The molecule has 9 heavy (non-hydrogen) atoms. The first-order valence-electron chi connectivity index (χ1n) is 3.47. The Balaban J connectivity index is 1.96. The molecule has 2 rings (SSSR count). The van der Waals surface area contributed by atoms with Crippen molar-refractivity contribution in [1.29, 1.82) is 0 Å². The van der Waals surface area contributed by atoms with E-state index in [0.29, 0.717) is 6.04 Å². The molecular weight excluding hydrogens is 114 g/mol. The monoisotopic (exact) mass is 123 g/mol. The van der Waals surface area contributed by atoms with E-state index >= 15 is 0 Å². The van der Waals surface area contributed by atoms with Gasteiger partial charge in [0.1, 0.15) is 0 Å². The average molecular weight is 123 g/mol. The van der Waals surface area contributed by atoms with Crippen molar-refractivity contribution in [2.75, 3.05) is 0 Å². The van der Waals surface area contributed by atoms with E-state index in [2.05, 4.69) is 4.99 Å². The minimum absolute atomic E-state index is 0.339. The summed E-state index contributed by atoms with van der Waals surface area (Å²) in [5.41, 5.74) is 0. The van der Waals surface area contributed by atoms with Gasteiger partial charge in [-0.05, 0) is 31.1 Å². The fraction of sp³-hybridized carbons (Fsp3) is 0.857. The number of hydrogen-bond acceptors (Lipinski definition) is 2. The van der Waals surface area contributed by atoms with Gasteiger partial charge in [-0.15, -0.1) is 0 Å². The lowest BCUT2D eigenvalue weighted by atomic mass is 10.2. The maximum absolute atomic E-state index is 9.79. The van der Waals surface area contributed by atoms with Gasteiger partial charge in [0.2, 0.25) is 6.08 Å². The highest BCUT2D eigenvalue weighted by molar-refractivity contribution is 5.34. The Morgan fingerprint density at radius 2 is 1.89 bits per heavy atom. The molecule has 2 aliphatic carbocycles. The van der Waals surface area contributed by atoms with Crippen molar-refractivity contribution in [1.82, 2.24) is 0 Å². The molecule has 0 saturated heterocycles. The molecule has 2 heteroatoms. The van der Waals surface area contributed by atoms with Gasteiger partial charge in [-0.1, -0.05) is 0 Å². The number of isocyanates is 1. The highest BCUT2D eigenvalue weighted by Crippen LogP contribution is 2.52. The summed E-state index contributed by atoms with van der Waals surface area (Å²) >= 11 is 0. The smallest absolute Gasteiger partial charge is 0.211 e. The summed E-state index contributed by atoms with van der Waals surface area (Å²) in [4.78, 5) is 13.5. The zero-order valence-corrected chi connectivity index (χ0v) is 5.21. The number of hydrogen-bond donors (Lipinski definition) is 0. The van der Waals surface area contributed by atoms with Gasteiger partial charge < -0.3 is 0 Å². The van der Waals surface area contributed by atoms with Gasteiger partial charge in [0.25, 0.3) is 0 Å². The minimum atomic E-state index is 0.339. The molecule has 0 heterocycles. The van der Waals surface area contributed by atoms with Crippen LogP contribution in [0.5, 0.6) is 0 Å². The molecule has 0 aromatic heterocycles. The number of rotatable bonds is 1. The van der Waals surface area contributed by atoms with E-state index in [-0.39, 0.29) is 0 Å². The van der Waals surface area contributed by atoms with Crippen LogP contribution in [0.4, 0.5) is 0 Å². The van der Waals surface area contributed by atoms with E-state index in [1.165, 1.54) is 6.42 Å². The van der Waals surface area contributed by atoms with Crippen molar-refractivity contribution in [2.45, 2.75) is 25.3 Å². The highest BCUT2D eigenvalue weighted by Gasteiger charge is 2.45. The van der Waals surface area contributed by atoms with Crippen LogP contribution in [0.1, 0.15) is 19.3 Å². The van der Waals surface area contributed by atoms with Crippen LogP contribution in [0.2, 0.25) is 0 Å². The molecule has 2 atom stereocenters. The first kappa shape index (κ1) is 5.19. The Morgan fingerprint density at radius 3 is 2.44 bits per heavy atom. The lowest BCUT2D eigenvalue weighted by molar-refractivity contribution is 0.548. The predicted octanol–water partition coefficient (Wildman–Crippen LogP) is 1.12. The van der Waals surface area contributed by atoms with Crippen molar-refractivity contribution in [3.63, 3.8) is 0 Å². The lowest BCUT2D eigenvalue weighted by Gasteiger charge is -1.98. The average Bonchev–Trinajstić information content (AvgIpc) is 2.42. The van der Waals surface area contributed by atoms with E-state index in [0.717, 1.165) is 24.7 Å². The second-order valence-electron chi connectivity index (χ2n) is 3.10. The molecule has 0 bridgehead atoms. The van der Waals surface area contributed by atoms with Gasteiger partial charge in [-0.2, -0.15) is 0 Å². The Kier molecular flexibility index (Phi) is 0.967. The van der Waals surface area contributed by atoms with Crippen LogP contribution in [0, 0.1) is 11.8 Å². The third-order valence-electron chi connectivity index (χ3n) is 2.45. The maximum Gasteiger partial charge on any atom is 0.235 e. The molecule has 2 fully saturated rings. The van der Waals surface area contributed by atoms with Crippen molar-refractivity contribution < 1.29 is 4.79 Å². The Labute approximate surface area is 54.0 Å². The second kappa shape index (κ2) is 1.68. The van der Waals surface area contributed by atoms with Crippen LogP contribution in [0.15, 0.2) is 4.99 Å². The van der Waals surface area contributed by atoms with Crippen LogP contribution in [0.3, 0.4) is 0 Å². The van der Waals surface area contributed by atoms with Gasteiger partial charge in [0, 0.05) is 0 Å². The van der Waals surface area contributed by atoms with Crippen molar-refractivity contribution in [2.24, 2.45) is 16.8 Å². The zero-order chi connectivity index (χ0) is 6.27. The summed E-state index contributed by atoms with van der Waals surface area (Å²) in [6.07, 6.45) is 5.32. The van der Waals surface area contributed by atoms with E-state index < -0.39 is 0 Å². The summed E-state index contributed by atoms with van der Waals surface area (Å²) in [7, 11) is 0. The third kappa shape index (κ3) is 0.796. The molecular formula is C7H9NO. The summed E-state index contributed by atoms with van der Waals surface area (Å²) in [6, 6.07) is 0.339. The molecule has 0 radical (unpaired) electrons. The molecule has 0 amide bonds. The molecule has 48 valence electrons. The standard InChI is InChI=1S/C7H9NO/c9-4-8-7-2-5-1-6(5)3-7/h5-7H,1-3H2. The van der Waals surface area contributed by atoms with Crippen molar-refractivity contribution in [3.05, 3.63) is 0 Å². The molecule has 0 N–H and O–H groups in total. The molecule has 2 unspecified atom stereocenters. The van der Waals surface area contributed by atoms with Crippen LogP contribution in [0.25, 0.3) is 0 Å². The summed E-state index contributed by atoms with van der Waals surface area (Å²) in [5.74, 6) is 1.85. The SMILES string of the molecule is O=C=NC1CC2CC2C1. The Morgan fingerprint density at radius 1 is 1.22 bits per heavy atom. The van der Waals surface area contributed by atoms with E-state index in [4.69, 9.17) is 0 Å². The molecule has 0 aromatic rings. The van der Waals surface area contributed by atoms with Crippen LogP contribution in [-0.4, -0.2) is 12.1 Å². The quantitative estimate of drug-likeness (QED) is 0.379. The lowest BCUT2D eigenvalue weighted by Crippen LogP contribution is -1.98. The first-order chi connectivity index (χ1) is 4.40.